The highest BCUT2D eigenvalue weighted by atomic mass is 32.1. The maximum absolute atomic E-state index is 6.28. The van der Waals surface area contributed by atoms with E-state index in [4.69, 9.17) is 58.1 Å². The van der Waals surface area contributed by atoms with E-state index < -0.39 is 0 Å². The zero-order valence-electron chi connectivity index (χ0n) is 78.9. The van der Waals surface area contributed by atoms with Gasteiger partial charge in [0.15, 0.2) is 52.4 Å². The monoisotopic (exact) mass is 1940 g/mol. The van der Waals surface area contributed by atoms with Gasteiger partial charge in [0.25, 0.3) is 0 Å². The number of rotatable bonds is 12. The summed E-state index contributed by atoms with van der Waals surface area (Å²) in [6.07, 6.45) is 0. The smallest absolute Gasteiger partial charge is 0.164 e. The largest absolute Gasteiger partial charge is 0.456 e. The van der Waals surface area contributed by atoms with Crippen molar-refractivity contribution >= 4 is 203 Å². The Hall–Kier alpha value is -19.0. The highest BCUT2D eigenvalue weighted by Crippen LogP contribution is 2.49. The molecule has 31 rings (SSSR count). The van der Waals surface area contributed by atoms with E-state index in [2.05, 4.69) is 364 Å². The van der Waals surface area contributed by atoms with Crippen LogP contribution < -0.4 is 0 Å². The SMILES string of the molecule is c1cc(-c2nc(-c3ccc4c(c3)oc3ccccc34)nc(-c3cccc4ccccc34)n2)cc(-c2cccc3c2sc2ccccc23)c1.c1cc(-c2nc(-c3ccc4ccccc4c3)nc(-c3ccc4c(c3)oc3ccccc34)n2)cc(-c2cccc3c2sc2ccccc23)c1.c1ccc(-c2nc(-c3ccc4c(c3)oc3ccccc34)nc(-c3cc(-c4cccc5c4sc4ccccc45)c4ccc5ccccc5c4c3)n2)cc1. The third-order valence-corrected chi connectivity index (χ3v) is 32.0. The second-order valence-corrected chi connectivity index (χ2v) is 40.4. The molecule has 9 aromatic heterocycles. The molecule has 31 aromatic rings. The second kappa shape index (κ2) is 35.5. The molecule has 0 amide bonds. The Balaban J connectivity index is 0.000000105. The van der Waals surface area contributed by atoms with Crippen molar-refractivity contribution in [3.8, 4) is 136 Å². The fourth-order valence-corrected chi connectivity index (χ4v) is 24.9. The Labute approximate surface area is 857 Å². The number of benzene rings is 22. The highest BCUT2D eigenvalue weighted by molar-refractivity contribution is 7.27. The predicted octanol–water partition coefficient (Wildman–Crippen LogP) is 37.0. The summed E-state index contributed by atoms with van der Waals surface area (Å²) in [5.41, 5.74) is 20.3. The molecule has 15 heteroatoms. The van der Waals surface area contributed by atoms with E-state index in [1.54, 1.807) is 0 Å². The van der Waals surface area contributed by atoms with Crippen LogP contribution in [0.3, 0.4) is 0 Å². The minimum absolute atomic E-state index is 0.595. The molecule has 0 saturated carbocycles. The first-order valence-corrected chi connectivity index (χ1v) is 51.7. The molecular formula is C133H77N9O3S3. The van der Waals surface area contributed by atoms with E-state index in [0.717, 1.165) is 154 Å². The topological polar surface area (TPSA) is 155 Å². The van der Waals surface area contributed by atoms with E-state index >= 15 is 0 Å². The lowest BCUT2D eigenvalue weighted by atomic mass is 9.91. The number of hydrogen-bond donors (Lipinski definition) is 0. The van der Waals surface area contributed by atoms with Crippen LogP contribution in [0.15, 0.2) is 480 Å². The summed E-state index contributed by atoms with van der Waals surface area (Å²) in [5, 5.41) is 23.5. The number of hydrogen-bond acceptors (Lipinski definition) is 15. The van der Waals surface area contributed by atoms with Gasteiger partial charge < -0.3 is 13.3 Å². The summed E-state index contributed by atoms with van der Waals surface area (Å²) in [6.45, 7) is 0. The van der Waals surface area contributed by atoms with Gasteiger partial charge in [-0.1, -0.05) is 364 Å². The molecule has 148 heavy (non-hydrogen) atoms. The van der Waals surface area contributed by atoms with E-state index in [1.165, 1.54) is 98.8 Å². The van der Waals surface area contributed by atoms with Gasteiger partial charge in [0, 0.05) is 148 Å². The van der Waals surface area contributed by atoms with E-state index in [-0.39, 0.29) is 0 Å². The van der Waals surface area contributed by atoms with E-state index in [0.29, 0.717) is 52.4 Å². The molecule has 0 aliphatic rings. The van der Waals surface area contributed by atoms with Gasteiger partial charge >= 0.3 is 0 Å². The lowest BCUT2D eigenvalue weighted by Crippen LogP contribution is -2.00. The van der Waals surface area contributed by atoms with E-state index in [9.17, 15) is 0 Å². The van der Waals surface area contributed by atoms with Gasteiger partial charge in [-0.3, -0.25) is 0 Å². The van der Waals surface area contributed by atoms with Gasteiger partial charge in [-0.05, 0) is 174 Å². The Morgan fingerprint density at radius 2 is 0.426 bits per heavy atom. The molecule has 0 saturated heterocycles. The molecule has 9 heterocycles. The van der Waals surface area contributed by atoms with Crippen molar-refractivity contribution in [1.82, 2.24) is 44.9 Å². The van der Waals surface area contributed by atoms with E-state index in [1.807, 2.05) is 137 Å². The van der Waals surface area contributed by atoms with Crippen molar-refractivity contribution in [2.75, 3.05) is 0 Å². The molecule has 0 fully saturated rings. The molecule has 12 nitrogen and oxygen atoms in total. The summed E-state index contributed by atoms with van der Waals surface area (Å²) >= 11 is 5.52. The lowest BCUT2D eigenvalue weighted by molar-refractivity contribution is 0.668. The van der Waals surface area contributed by atoms with Crippen molar-refractivity contribution in [3.05, 3.63) is 467 Å². The second-order valence-electron chi connectivity index (χ2n) is 37.2. The number of fused-ring (bicyclic) bond motifs is 23. The van der Waals surface area contributed by atoms with Gasteiger partial charge in [-0.25, -0.2) is 44.9 Å². The fraction of sp³-hybridized carbons (Fsp3) is 0. The first-order valence-electron chi connectivity index (χ1n) is 49.2. The summed E-state index contributed by atoms with van der Waals surface area (Å²) in [4.78, 5) is 46.0. The number of para-hydroxylation sites is 3. The van der Waals surface area contributed by atoms with Crippen LogP contribution in [0.4, 0.5) is 0 Å². The van der Waals surface area contributed by atoms with Gasteiger partial charge in [-0.2, -0.15) is 0 Å². The highest BCUT2D eigenvalue weighted by Gasteiger charge is 2.25. The van der Waals surface area contributed by atoms with Crippen LogP contribution in [0, 0.1) is 0 Å². The molecule has 0 atom stereocenters. The summed E-state index contributed by atoms with van der Waals surface area (Å²) in [6, 6.07) is 163. The molecule has 0 aliphatic carbocycles. The molecule has 0 radical (unpaired) electrons. The third-order valence-electron chi connectivity index (χ3n) is 28.4. The molecule has 690 valence electrons. The van der Waals surface area contributed by atoms with Crippen LogP contribution in [0.25, 0.3) is 305 Å². The lowest BCUT2D eigenvalue weighted by Gasteiger charge is -2.14. The van der Waals surface area contributed by atoms with Crippen molar-refractivity contribution in [1.29, 1.82) is 0 Å². The van der Waals surface area contributed by atoms with Gasteiger partial charge in [0.2, 0.25) is 0 Å². The Bertz CT molecular complexity index is 10900. The van der Waals surface area contributed by atoms with Crippen LogP contribution in [-0.4, -0.2) is 44.9 Å². The maximum Gasteiger partial charge on any atom is 0.164 e. The molecule has 0 spiro atoms. The zero-order valence-corrected chi connectivity index (χ0v) is 81.4. The standard InChI is InChI=1S/C47H27N3OS.2C43H25N3OS/c1-2-12-29(13-3-1)45-48-46(30-22-24-35-34-15-6-8-19-41(34)51-42(35)27-30)50-47(49-45)31-25-39-32-14-5-4-11-28(32)21-23-33(39)40(26-31)38-18-10-17-37-36-16-7-9-20-43(36)52-44(37)38;1-2-14-30-26(10-1)11-8-19-36(30)43-45-41(44-42(46-43)29-22-23-33-32-15-3-5-20-37(32)47-38(33)25-29)28-13-7-12-27(24-28)31-17-9-18-35-34-16-4-6-21-39(34)48-40(31)35;1-2-10-27-23-30(20-19-26(27)9-1)42-44-41(45-43(46-42)31-21-22-34-33-13-3-5-17-37(33)47-38(34)25-31)29-12-7-11-28(24-29)32-15-8-16-36-35-14-4-6-18-39(35)48-40(32)36/h1-27H;2*1-25H. The molecule has 0 aliphatic heterocycles. The number of nitrogens with zero attached hydrogens (tertiary/aromatic N) is 9. The predicted molar refractivity (Wildman–Crippen MR) is 615 cm³/mol. The summed E-state index contributed by atoms with van der Waals surface area (Å²) in [7, 11) is 0. The van der Waals surface area contributed by atoms with Crippen molar-refractivity contribution in [2.24, 2.45) is 0 Å². The fourth-order valence-electron chi connectivity index (χ4n) is 21.2. The Kier molecular flexibility index (Phi) is 20.6. The summed E-state index contributed by atoms with van der Waals surface area (Å²) in [5.74, 6) is 5.54. The average Bonchev–Trinajstić information content (AvgIpc) is 1.50. The molecule has 0 N–H and O–H groups in total. The summed E-state index contributed by atoms with van der Waals surface area (Å²) < 4.78 is 26.5. The minimum atomic E-state index is 0.595. The minimum Gasteiger partial charge on any atom is -0.456 e. The molecule has 22 aromatic carbocycles. The first-order chi connectivity index (χ1) is 73.3. The van der Waals surface area contributed by atoms with Crippen LogP contribution >= 0.6 is 34.0 Å². The number of thiophene rings is 3. The van der Waals surface area contributed by atoms with Crippen molar-refractivity contribution < 1.29 is 13.3 Å². The van der Waals surface area contributed by atoms with Gasteiger partial charge in [-0.15, -0.1) is 34.0 Å². The molecule has 0 bridgehead atoms. The van der Waals surface area contributed by atoms with Crippen molar-refractivity contribution in [3.63, 3.8) is 0 Å². The average molecular weight is 1950 g/mol. The normalized spacial score (nSPS) is 11.8. The van der Waals surface area contributed by atoms with Crippen LogP contribution in [-0.2, 0) is 0 Å². The molecule has 0 unspecified atom stereocenters. The Morgan fingerprint density at radius 1 is 0.128 bits per heavy atom. The van der Waals surface area contributed by atoms with Crippen LogP contribution in [0.2, 0.25) is 0 Å². The quantitative estimate of drug-likeness (QED) is 0.107. The number of furan rings is 3. The molecular weight excluding hydrogens is 1870 g/mol. The van der Waals surface area contributed by atoms with Gasteiger partial charge in [0.1, 0.15) is 33.5 Å². The zero-order chi connectivity index (χ0) is 97.4. The van der Waals surface area contributed by atoms with Gasteiger partial charge in [0.05, 0.1) is 0 Å². The van der Waals surface area contributed by atoms with Crippen LogP contribution in [0.5, 0.6) is 0 Å². The number of aromatic nitrogens is 9. The first kappa shape index (κ1) is 85.7. The van der Waals surface area contributed by atoms with Crippen molar-refractivity contribution in [2.45, 2.75) is 0 Å². The third kappa shape index (κ3) is 15.1. The maximum atomic E-state index is 6.28. The van der Waals surface area contributed by atoms with Crippen LogP contribution in [0.1, 0.15) is 0 Å². The Morgan fingerprint density at radius 3 is 0.912 bits per heavy atom.